The van der Waals surface area contributed by atoms with Gasteiger partial charge in [-0.2, -0.15) is 0 Å². The molecule has 2 aliphatic rings. The Kier molecular flexibility index (Phi) is 6.63. The lowest BCUT2D eigenvalue weighted by atomic mass is 9.95. The number of aromatic hydroxyl groups is 2. The molecule has 0 unspecified atom stereocenters. The lowest BCUT2D eigenvalue weighted by Gasteiger charge is -2.23. The van der Waals surface area contributed by atoms with E-state index < -0.39 is 52.6 Å². The number of carbonyl (C=O) groups excluding carboxylic acids is 2. The van der Waals surface area contributed by atoms with E-state index in [2.05, 4.69) is 5.32 Å². The second kappa shape index (κ2) is 9.19. The zero-order valence-corrected chi connectivity index (χ0v) is 16.6. The molecule has 1 aromatic heterocycles. The van der Waals surface area contributed by atoms with Gasteiger partial charge in [0.1, 0.15) is 17.7 Å². The number of amides is 2. The molecule has 1 heterocycles. The number of nitrogens with one attached hydrogen (secondary N) is 2. The second-order valence-electron chi connectivity index (χ2n) is 8.00. The maximum atomic E-state index is 12.9. The van der Waals surface area contributed by atoms with E-state index in [9.17, 15) is 29.4 Å². The number of carboxylic acid groups (broad SMARTS) is 1. The number of nitrogens with zero attached hydrogens (tertiary/aromatic N) is 1. The average Bonchev–Trinajstić information content (AvgIpc) is 3.51. The zero-order valence-electron chi connectivity index (χ0n) is 16.6. The van der Waals surface area contributed by atoms with Gasteiger partial charge in [-0.1, -0.05) is 32.1 Å². The molecule has 5 N–H and O–H groups in total. The fraction of sp³-hybridized carbons (Fsp3) is 0.600. The van der Waals surface area contributed by atoms with E-state index in [-0.39, 0.29) is 12.6 Å². The second-order valence-corrected chi connectivity index (χ2v) is 8.00. The predicted octanol–water partition coefficient (Wildman–Crippen LogP) is 0.936. The standard InChI is InChI=1S/C20H27N3O7/c24-13(25)10-21-17(27)14-16(26)15(18(28)22-12-4-2-1-3-5-12)20(30)23(19(14)29)9-8-11-6-7-11/h11-12,26,29H,1-10H2,(H,21,27)(H,22,28)(H,24,25). The Labute approximate surface area is 172 Å². The van der Waals surface area contributed by atoms with Crippen molar-refractivity contribution in [1.29, 1.82) is 0 Å². The molecule has 2 saturated carbocycles. The lowest BCUT2D eigenvalue weighted by molar-refractivity contribution is -0.135. The van der Waals surface area contributed by atoms with Crippen LogP contribution in [-0.2, 0) is 11.3 Å². The van der Waals surface area contributed by atoms with Crippen LogP contribution in [0.15, 0.2) is 4.79 Å². The van der Waals surface area contributed by atoms with Crippen LogP contribution < -0.4 is 16.2 Å². The van der Waals surface area contributed by atoms with Crippen LogP contribution in [0.2, 0.25) is 0 Å². The third kappa shape index (κ3) is 4.92. The first kappa shape index (κ1) is 21.7. The molecule has 164 valence electrons. The quantitative estimate of drug-likeness (QED) is 0.418. The molecule has 2 aliphatic carbocycles. The largest absolute Gasteiger partial charge is 0.506 e. The maximum Gasteiger partial charge on any atom is 0.322 e. The number of carboxylic acids is 1. The smallest absolute Gasteiger partial charge is 0.322 e. The molecule has 0 radical (unpaired) electrons. The summed E-state index contributed by atoms with van der Waals surface area (Å²) in [4.78, 5) is 48.9. The normalized spacial score (nSPS) is 16.8. The summed E-state index contributed by atoms with van der Waals surface area (Å²) >= 11 is 0. The first-order valence-electron chi connectivity index (χ1n) is 10.3. The molecule has 3 rings (SSSR count). The van der Waals surface area contributed by atoms with Gasteiger partial charge in [-0.15, -0.1) is 0 Å². The molecule has 1 aromatic rings. The fourth-order valence-corrected chi connectivity index (χ4v) is 3.79. The Morgan fingerprint density at radius 2 is 1.63 bits per heavy atom. The van der Waals surface area contributed by atoms with Crippen molar-refractivity contribution in [3.63, 3.8) is 0 Å². The molecule has 0 saturated heterocycles. The van der Waals surface area contributed by atoms with Crippen LogP contribution in [0.3, 0.4) is 0 Å². The molecule has 2 amide bonds. The summed E-state index contributed by atoms with van der Waals surface area (Å²) in [6, 6.07) is -0.136. The van der Waals surface area contributed by atoms with Gasteiger partial charge < -0.3 is 26.0 Å². The SMILES string of the molecule is O=C(O)CNC(=O)c1c(O)c(C(=O)NC2CCCCC2)c(=O)n(CCC2CC2)c1O. The van der Waals surface area contributed by atoms with Gasteiger partial charge in [0.05, 0.1) is 0 Å². The molecule has 10 heteroatoms. The molecule has 0 spiro atoms. The van der Waals surface area contributed by atoms with Gasteiger partial charge in [0.25, 0.3) is 17.4 Å². The predicted molar refractivity (Wildman–Crippen MR) is 106 cm³/mol. The highest BCUT2D eigenvalue weighted by atomic mass is 16.4. The van der Waals surface area contributed by atoms with Crippen molar-refractivity contribution >= 4 is 17.8 Å². The topological polar surface area (TPSA) is 158 Å². The van der Waals surface area contributed by atoms with Crippen LogP contribution in [-0.4, -0.2) is 50.3 Å². The minimum Gasteiger partial charge on any atom is -0.506 e. The molecular weight excluding hydrogens is 394 g/mol. The summed E-state index contributed by atoms with van der Waals surface area (Å²) in [5, 5.41) is 34.6. The number of pyridine rings is 1. The zero-order chi connectivity index (χ0) is 21.8. The lowest BCUT2D eigenvalue weighted by Crippen LogP contribution is -2.41. The Morgan fingerprint density at radius 3 is 2.23 bits per heavy atom. The minimum atomic E-state index is -1.32. The molecule has 0 atom stereocenters. The highest BCUT2D eigenvalue weighted by Crippen LogP contribution is 2.34. The number of hydrogen-bond donors (Lipinski definition) is 5. The molecule has 10 nitrogen and oxygen atoms in total. The number of carbonyl (C=O) groups is 3. The molecule has 0 aliphatic heterocycles. The van der Waals surface area contributed by atoms with Crippen molar-refractivity contribution in [2.45, 2.75) is 64.0 Å². The molecule has 30 heavy (non-hydrogen) atoms. The highest BCUT2D eigenvalue weighted by Gasteiger charge is 2.31. The van der Waals surface area contributed by atoms with Crippen LogP contribution in [0.25, 0.3) is 0 Å². The van der Waals surface area contributed by atoms with Gasteiger partial charge in [0, 0.05) is 12.6 Å². The van der Waals surface area contributed by atoms with Crippen molar-refractivity contribution in [1.82, 2.24) is 15.2 Å². The molecule has 0 bridgehead atoms. The minimum absolute atomic E-state index is 0.0819. The monoisotopic (exact) mass is 421 g/mol. The van der Waals surface area contributed by atoms with Crippen LogP contribution in [0.4, 0.5) is 0 Å². The van der Waals surface area contributed by atoms with Crippen molar-refractivity contribution < 1.29 is 29.7 Å². The van der Waals surface area contributed by atoms with Gasteiger partial charge in [-0.25, -0.2) is 0 Å². The Morgan fingerprint density at radius 1 is 0.967 bits per heavy atom. The van der Waals surface area contributed by atoms with E-state index >= 15 is 0 Å². The van der Waals surface area contributed by atoms with E-state index in [4.69, 9.17) is 5.11 Å². The van der Waals surface area contributed by atoms with Crippen LogP contribution in [0.5, 0.6) is 11.6 Å². The van der Waals surface area contributed by atoms with Gasteiger partial charge in [-0.05, 0) is 25.2 Å². The molecule has 2 fully saturated rings. The van der Waals surface area contributed by atoms with Crippen LogP contribution >= 0.6 is 0 Å². The molecular formula is C20H27N3O7. The van der Waals surface area contributed by atoms with E-state index in [1.54, 1.807) is 0 Å². The van der Waals surface area contributed by atoms with Gasteiger partial charge in [0.15, 0.2) is 5.75 Å². The van der Waals surface area contributed by atoms with Crippen LogP contribution in [0, 0.1) is 5.92 Å². The van der Waals surface area contributed by atoms with Gasteiger partial charge in [0.2, 0.25) is 5.88 Å². The Balaban J connectivity index is 1.97. The summed E-state index contributed by atoms with van der Waals surface area (Å²) in [5.41, 5.74) is -2.18. The fourth-order valence-electron chi connectivity index (χ4n) is 3.79. The number of hydrogen-bond acceptors (Lipinski definition) is 6. The maximum absolute atomic E-state index is 12.9. The summed E-state index contributed by atoms with van der Waals surface area (Å²) < 4.78 is 0.906. The number of rotatable bonds is 8. The first-order valence-corrected chi connectivity index (χ1v) is 10.3. The third-order valence-electron chi connectivity index (χ3n) is 5.66. The van der Waals surface area contributed by atoms with Crippen molar-refractivity contribution in [3.8, 4) is 11.6 Å². The van der Waals surface area contributed by atoms with Crippen molar-refractivity contribution in [2.75, 3.05) is 6.54 Å². The third-order valence-corrected chi connectivity index (χ3v) is 5.66. The first-order chi connectivity index (χ1) is 14.3. The van der Waals surface area contributed by atoms with Crippen molar-refractivity contribution in [2.24, 2.45) is 5.92 Å². The highest BCUT2D eigenvalue weighted by molar-refractivity contribution is 6.05. The number of aromatic nitrogens is 1. The Bertz CT molecular complexity index is 899. The van der Waals surface area contributed by atoms with Crippen molar-refractivity contribution in [3.05, 3.63) is 21.5 Å². The van der Waals surface area contributed by atoms with E-state index in [1.807, 2.05) is 5.32 Å². The van der Waals surface area contributed by atoms with Gasteiger partial charge >= 0.3 is 5.97 Å². The Hall–Kier alpha value is -3.04. The summed E-state index contributed by atoms with van der Waals surface area (Å²) in [6.07, 6.45) is 7.07. The van der Waals surface area contributed by atoms with Crippen LogP contribution in [0.1, 0.15) is 72.1 Å². The summed E-state index contributed by atoms with van der Waals surface area (Å²) in [7, 11) is 0. The summed E-state index contributed by atoms with van der Waals surface area (Å²) in [5.74, 6) is -4.53. The number of aliphatic carboxylic acids is 1. The van der Waals surface area contributed by atoms with E-state index in [0.717, 1.165) is 49.5 Å². The van der Waals surface area contributed by atoms with E-state index in [0.29, 0.717) is 12.3 Å². The van der Waals surface area contributed by atoms with Gasteiger partial charge in [-0.3, -0.25) is 23.7 Å². The molecule has 0 aromatic carbocycles. The van der Waals surface area contributed by atoms with E-state index in [1.165, 1.54) is 0 Å². The average molecular weight is 421 g/mol. The summed E-state index contributed by atoms with van der Waals surface area (Å²) in [6.45, 7) is -0.666.